The molecule has 0 aliphatic heterocycles. The van der Waals surface area contributed by atoms with Crippen molar-refractivity contribution in [1.29, 1.82) is 0 Å². The first-order valence-corrected chi connectivity index (χ1v) is 14.8. The van der Waals surface area contributed by atoms with Crippen LogP contribution in [0.4, 0.5) is 5.69 Å². The molecule has 208 valence electrons. The lowest BCUT2D eigenvalue weighted by molar-refractivity contribution is -0.138. The molecular weight excluding hydrogens is 557 g/mol. The van der Waals surface area contributed by atoms with Gasteiger partial charge in [0, 0.05) is 18.1 Å². The number of anilines is 1. The van der Waals surface area contributed by atoms with Gasteiger partial charge in [-0.15, -0.1) is 0 Å². The van der Waals surface area contributed by atoms with Gasteiger partial charge in [-0.3, -0.25) is 13.9 Å². The molecule has 0 radical (unpaired) electrons. The minimum absolute atomic E-state index is 0.00220. The van der Waals surface area contributed by atoms with E-state index in [1.165, 1.54) is 35.2 Å². The lowest BCUT2D eigenvalue weighted by atomic mass is 10.1. The van der Waals surface area contributed by atoms with E-state index in [2.05, 4.69) is 5.32 Å². The summed E-state index contributed by atoms with van der Waals surface area (Å²) in [5, 5.41) is 3.27. The zero-order valence-corrected chi connectivity index (χ0v) is 24.5. The number of rotatable bonds is 12. The summed E-state index contributed by atoms with van der Waals surface area (Å²) >= 11 is 12.5. The molecule has 0 bridgehead atoms. The SMILES string of the molecule is CC(C)CNC(=O)C(C)N(CCc1ccccc1)C(=O)CN(c1ccc(Cl)cc1Cl)S(=O)(=O)c1ccccc1. The number of nitrogens with one attached hydrogen (secondary N) is 1. The van der Waals surface area contributed by atoms with E-state index in [1.54, 1.807) is 25.1 Å². The van der Waals surface area contributed by atoms with Crippen LogP contribution in [0, 0.1) is 5.92 Å². The molecule has 0 saturated carbocycles. The lowest BCUT2D eigenvalue weighted by Crippen LogP contribution is -2.52. The molecule has 0 heterocycles. The monoisotopic (exact) mass is 589 g/mol. The van der Waals surface area contributed by atoms with Gasteiger partial charge in [0.2, 0.25) is 11.8 Å². The zero-order chi connectivity index (χ0) is 28.6. The summed E-state index contributed by atoms with van der Waals surface area (Å²) in [6.07, 6.45) is 0.488. The van der Waals surface area contributed by atoms with E-state index < -0.39 is 28.5 Å². The normalized spacial score (nSPS) is 12.2. The van der Waals surface area contributed by atoms with Crippen LogP contribution in [-0.4, -0.2) is 50.8 Å². The quantitative estimate of drug-likeness (QED) is 0.305. The number of nitrogens with zero attached hydrogens (tertiary/aromatic N) is 2. The summed E-state index contributed by atoms with van der Waals surface area (Å²) in [5.74, 6) is -0.621. The smallest absolute Gasteiger partial charge is 0.264 e. The number of hydrogen-bond donors (Lipinski definition) is 1. The number of carbonyl (C=O) groups is 2. The second kappa shape index (κ2) is 13.8. The fourth-order valence-corrected chi connectivity index (χ4v) is 5.95. The molecular formula is C29H33Cl2N3O4S. The van der Waals surface area contributed by atoms with Gasteiger partial charge < -0.3 is 10.2 Å². The third-order valence-electron chi connectivity index (χ3n) is 6.12. The lowest BCUT2D eigenvalue weighted by Gasteiger charge is -2.32. The third-order valence-corrected chi connectivity index (χ3v) is 8.44. The Balaban J connectivity index is 1.98. The number of amides is 2. The van der Waals surface area contributed by atoms with Crippen molar-refractivity contribution in [1.82, 2.24) is 10.2 Å². The summed E-state index contributed by atoms with van der Waals surface area (Å²) in [5.41, 5.74) is 1.10. The van der Waals surface area contributed by atoms with Gasteiger partial charge in [-0.25, -0.2) is 8.42 Å². The highest BCUT2D eigenvalue weighted by Crippen LogP contribution is 2.32. The van der Waals surface area contributed by atoms with Crippen LogP contribution in [-0.2, 0) is 26.0 Å². The van der Waals surface area contributed by atoms with Crippen LogP contribution in [0.25, 0.3) is 0 Å². The molecule has 0 aromatic heterocycles. The van der Waals surface area contributed by atoms with E-state index in [4.69, 9.17) is 23.2 Å². The van der Waals surface area contributed by atoms with Gasteiger partial charge in [0.1, 0.15) is 12.6 Å². The highest BCUT2D eigenvalue weighted by molar-refractivity contribution is 7.92. The number of carbonyl (C=O) groups excluding carboxylic acids is 2. The molecule has 10 heteroatoms. The van der Waals surface area contributed by atoms with Gasteiger partial charge >= 0.3 is 0 Å². The summed E-state index contributed by atoms with van der Waals surface area (Å²) in [7, 11) is -4.19. The number of benzene rings is 3. The molecule has 3 aromatic rings. The minimum Gasteiger partial charge on any atom is -0.354 e. The van der Waals surface area contributed by atoms with E-state index in [0.29, 0.717) is 18.0 Å². The van der Waals surface area contributed by atoms with Crippen LogP contribution in [0.15, 0.2) is 83.8 Å². The van der Waals surface area contributed by atoms with E-state index in [-0.39, 0.29) is 34.0 Å². The molecule has 1 atom stereocenters. The summed E-state index contributed by atoms with van der Waals surface area (Å²) in [6, 6.07) is 20.9. The van der Waals surface area contributed by atoms with Crippen molar-refractivity contribution >= 4 is 50.7 Å². The van der Waals surface area contributed by atoms with Gasteiger partial charge in [0.05, 0.1) is 15.6 Å². The van der Waals surface area contributed by atoms with Gasteiger partial charge in [-0.2, -0.15) is 0 Å². The molecule has 1 unspecified atom stereocenters. The average Bonchev–Trinajstić information content (AvgIpc) is 2.91. The fourth-order valence-electron chi connectivity index (χ4n) is 3.94. The Kier molecular flexibility index (Phi) is 10.8. The predicted octanol–water partition coefficient (Wildman–Crippen LogP) is 5.42. The van der Waals surface area contributed by atoms with Gasteiger partial charge in [-0.1, -0.05) is 85.6 Å². The standard InChI is InChI=1S/C29H33Cl2N3O4S/c1-21(2)19-32-29(36)22(3)33(17-16-23-10-6-4-7-11-23)28(35)20-34(27-15-14-24(30)18-26(27)31)39(37,38)25-12-8-5-9-13-25/h4-15,18,21-22H,16-17,19-20H2,1-3H3,(H,32,36). The number of hydrogen-bond acceptors (Lipinski definition) is 4. The second-order valence-corrected chi connectivity index (χ2v) is 12.3. The van der Waals surface area contributed by atoms with Crippen molar-refractivity contribution in [3.8, 4) is 0 Å². The maximum absolute atomic E-state index is 13.9. The topological polar surface area (TPSA) is 86.8 Å². The molecule has 0 fully saturated rings. The summed E-state index contributed by atoms with van der Waals surface area (Å²) in [4.78, 5) is 28.3. The van der Waals surface area contributed by atoms with Crippen LogP contribution in [0.1, 0.15) is 26.3 Å². The maximum atomic E-state index is 13.9. The number of halogens is 2. The molecule has 0 saturated heterocycles. The first-order valence-electron chi connectivity index (χ1n) is 12.6. The van der Waals surface area contributed by atoms with Crippen LogP contribution < -0.4 is 9.62 Å². The van der Waals surface area contributed by atoms with Crippen LogP contribution in [0.3, 0.4) is 0 Å². The molecule has 0 spiro atoms. The molecule has 7 nitrogen and oxygen atoms in total. The highest BCUT2D eigenvalue weighted by Gasteiger charge is 2.33. The van der Waals surface area contributed by atoms with Gasteiger partial charge in [0.15, 0.2) is 0 Å². The molecule has 39 heavy (non-hydrogen) atoms. The van der Waals surface area contributed by atoms with Crippen molar-refractivity contribution < 1.29 is 18.0 Å². The van der Waals surface area contributed by atoms with Crippen molar-refractivity contribution in [2.45, 2.75) is 38.1 Å². The van der Waals surface area contributed by atoms with E-state index in [1.807, 2.05) is 44.2 Å². The van der Waals surface area contributed by atoms with Crippen molar-refractivity contribution in [3.63, 3.8) is 0 Å². The number of sulfonamides is 1. The predicted molar refractivity (Wildman–Crippen MR) is 157 cm³/mol. The fraction of sp³-hybridized carbons (Fsp3) is 0.310. The first kappa shape index (κ1) is 30.5. The Morgan fingerprint density at radius 1 is 0.897 bits per heavy atom. The maximum Gasteiger partial charge on any atom is 0.264 e. The Hall–Kier alpha value is -3.07. The van der Waals surface area contributed by atoms with E-state index in [0.717, 1.165) is 9.87 Å². The largest absolute Gasteiger partial charge is 0.354 e. The third kappa shape index (κ3) is 8.21. The molecule has 1 N–H and O–H groups in total. The van der Waals surface area contributed by atoms with E-state index >= 15 is 0 Å². The molecule has 0 aliphatic rings. The summed E-state index contributed by atoms with van der Waals surface area (Å²) < 4.78 is 28.5. The van der Waals surface area contributed by atoms with E-state index in [9.17, 15) is 18.0 Å². The van der Waals surface area contributed by atoms with Crippen LogP contribution in [0.2, 0.25) is 10.0 Å². The Morgan fingerprint density at radius 3 is 2.10 bits per heavy atom. The molecule has 3 aromatic carbocycles. The van der Waals surface area contributed by atoms with Gasteiger partial charge in [-0.05, 0) is 55.2 Å². The van der Waals surface area contributed by atoms with Crippen molar-refractivity contribution in [2.24, 2.45) is 5.92 Å². The molecule has 0 aliphatic carbocycles. The second-order valence-electron chi connectivity index (χ2n) is 9.56. The zero-order valence-electron chi connectivity index (χ0n) is 22.2. The van der Waals surface area contributed by atoms with Crippen LogP contribution >= 0.6 is 23.2 Å². The first-order chi connectivity index (χ1) is 18.5. The molecule has 3 rings (SSSR count). The Labute approximate surface area is 240 Å². The average molecular weight is 591 g/mol. The Morgan fingerprint density at radius 2 is 1.51 bits per heavy atom. The minimum atomic E-state index is -4.19. The highest BCUT2D eigenvalue weighted by atomic mass is 35.5. The van der Waals surface area contributed by atoms with Crippen molar-refractivity contribution in [2.75, 3.05) is 23.9 Å². The Bertz CT molecular complexity index is 1370. The van der Waals surface area contributed by atoms with Crippen LogP contribution in [0.5, 0.6) is 0 Å². The molecule has 2 amide bonds. The summed E-state index contributed by atoms with van der Waals surface area (Å²) in [6.45, 7) is 5.71. The van der Waals surface area contributed by atoms with Gasteiger partial charge in [0.25, 0.3) is 10.0 Å². The van der Waals surface area contributed by atoms with Crippen molar-refractivity contribution in [3.05, 3.63) is 94.5 Å².